The molecular weight excluding hydrogens is 420 g/mol. The summed E-state index contributed by atoms with van der Waals surface area (Å²) < 4.78 is 64.8. The zero-order valence-electron chi connectivity index (χ0n) is 14.8. The van der Waals surface area contributed by atoms with Crippen LogP contribution in [0.5, 0.6) is 0 Å². The van der Waals surface area contributed by atoms with E-state index in [1.165, 1.54) is 24.3 Å². The average molecular weight is 444 g/mol. The van der Waals surface area contributed by atoms with Gasteiger partial charge in [0.05, 0.1) is 0 Å². The molecule has 0 unspecified atom stereocenters. The van der Waals surface area contributed by atoms with E-state index in [9.17, 15) is 31.0 Å². The van der Waals surface area contributed by atoms with E-state index in [-0.39, 0.29) is 33.0 Å². The van der Waals surface area contributed by atoms with Gasteiger partial charge in [-0.25, -0.2) is 0 Å². The Hall–Kier alpha value is -1.94. The highest BCUT2D eigenvalue weighted by molar-refractivity contribution is 7.86. The van der Waals surface area contributed by atoms with Crippen LogP contribution in [-0.2, 0) is 20.2 Å². The molecule has 162 valence electrons. The number of aliphatic hydroxyl groups excluding tert-OH is 1. The molecule has 2 aromatic carbocycles. The number of rotatable bonds is 4. The zero-order chi connectivity index (χ0) is 18.3. The van der Waals surface area contributed by atoms with Gasteiger partial charge >= 0.3 is 0 Å². The lowest BCUT2D eigenvalue weighted by Crippen LogP contribution is -2.12. The van der Waals surface area contributed by atoms with Crippen LogP contribution in [0, 0.1) is 13.8 Å². The van der Waals surface area contributed by atoms with Crippen molar-refractivity contribution in [1.29, 1.82) is 0 Å². The van der Waals surface area contributed by atoms with Crippen LogP contribution in [0.3, 0.4) is 0 Å². The third-order valence-corrected chi connectivity index (χ3v) is 5.33. The molecule has 0 aliphatic heterocycles. The van der Waals surface area contributed by atoms with Gasteiger partial charge in [-0.1, -0.05) is 35.4 Å². The summed E-state index contributed by atoms with van der Waals surface area (Å²) in [4.78, 5) is -1.08. The summed E-state index contributed by atoms with van der Waals surface area (Å²) in [6.45, 7) is 3.29. The van der Waals surface area contributed by atoms with Gasteiger partial charge < -0.3 is 27.0 Å². The lowest BCUT2D eigenvalue weighted by Gasteiger charge is -2.18. The molecule has 0 radical (unpaired) electrons. The molecule has 11 nitrogen and oxygen atoms in total. The highest BCUT2D eigenvalue weighted by atomic mass is 32.2. The molecule has 0 aliphatic carbocycles. The van der Waals surface area contributed by atoms with Crippen molar-refractivity contribution < 1.29 is 53.0 Å². The van der Waals surface area contributed by atoms with E-state index in [1.54, 1.807) is 13.8 Å². The van der Waals surface area contributed by atoms with Crippen molar-refractivity contribution in [3.8, 4) is 0 Å². The monoisotopic (exact) mass is 444 g/mol. The van der Waals surface area contributed by atoms with Crippen molar-refractivity contribution in [3.63, 3.8) is 0 Å². The lowest BCUT2D eigenvalue weighted by atomic mass is 9.98. The van der Waals surface area contributed by atoms with Gasteiger partial charge in [0.15, 0.2) is 0 Å². The molecule has 0 atom stereocenters. The second-order valence-electron chi connectivity index (χ2n) is 5.44. The summed E-state index contributed by atoms with van der Waals surface area (Å²) in [6.07, 6.45) is -1.68. The molecule has 2 aromatic rings. The van der Waals surface area contributed by atoms with Crippen LogP contribution in [0.2, 0.25) is 0 Å². The minimum atomic E-state index is -4.63. The van der Waals surface area contributed by atoms with Gasteiger partial charge in [-0.2, -0.15) is 16.8 Å². The maximum atomic E-state index is 11.5. The average Bonchev–Trinajstić information content (AvgIpc) is 2.43. The van der Waals surface area contributed by atoms with E-state index in [0.29, 0.717) is 11.1 Å². The van der Waals surface area contributed by atoms with Crippen LogP contribution in [0.15, 0.2) is 46.2 Å². The fraction of sp³-hybridized carbons (Fsp3) is 0.200. The molecular formula is C15H24O11S2. The summed E-state index contributed by atoms with van der Waals surface area (Å²) in [5.41, 5.74) is 0.816. The zero-order valence-corrected chi connectivity index (χ0v) is 16.5. The first-order valence-corrected chi connectivity index (χ1v) is 9.63. The molecule has 0 fully saturated rings. The van der Waals surface area contributed by atoms with Crippen LogP contribution >= 0.6 is 0 Å². The standard InChI is InChI=1S/C15H16O7S2.4H2O/c1-9-3-5-13(23(17,18)19)11(7-9)15(16)12-8-10(2)4-6-14(12)24(20,21)22;;;;/h3-8,15-16H,1-2H3,(H,17,18,19)(H,20,21,22);4*1H2. The molecule has 13 heteroatoms. The van der Waals surface area contributed by atoms with Crippen molar-refractivity contribution in [2.45, 2.75) is 29.7 Å². The maximum Gasteiger partial charge on any atom is 0.294 e. The van der Waals surface area contributed by atoms with Gasteiger partial charge in [0.1, 0.15) is 15.9 Å². The molecule has 0 spiro atoms. The minimum Gasteiger partial charge on any atom is -0.412 e. The van der Waals surface area contributed by atoms with E-state index in [0.717, 1.165) is 12.1 Å². The Morgan fingerprint density at radius 2 is 0.964 bits per heavy atom. The molecule has 0 heterocycles. The first-order valence-electron chi connectivity index (χ1n) is 6.75. The number of hydrogen-bond acceptors (Lipinski definition) is 5. The van der Waals surface area contributed by atoms with Crippen molar-refractivity contribution >= 4 is 20.2 Å². The van der Waals surface area contributed by atoms with E-state index >= 15 is 0 Å². The van der Waals surface area contributed by atoms with Gasteiger partial charge in [0.2, 0.25) is 0 Å². The molecule has 2 rings (SSSR count). The Labute approximate surface area is 162 Å². The number of benzene rings is 2. The predicted octanol–water partition coefficient (Wildman–Crippen LogP) is -1.42. The van der Waals surface area contributed by atoms with Crippen LogP contribution in [0.1, 0.15) is 28.4 Å². The lowest BCUT2D eigenvalue weighted by molar-refractivity contribution is 0.213. The van der Waals surface area contributed by atoms with E-state index in [2.05, 4.69) is 0 Å². The quantitative estimate of drug-likeness (QED) is 0.473. The Balaban J connectivity index is -0.00000156. The van der Waals surface area contributed by atoms with Gasteiger partial charge in [-0.15, -0.1) is 0 Å². The van der Waals surface area contributed by atoms with Crippen molar-refractivity contribution in [3.05, 3.63) is 58.7 Å². The smallest absolute Gasteiger partial charge is 0.294 e. The SMILES string of the molecule is Cc1ccc(S(=O)(=O)O)c(C(O)c2cc(C)ccc2S(=O)(=O)O)c1.O.O.O.O. The Kier molecular flexibility index (Phi) is 11.6. The summed E-state index contributed by atoms with van der Waals surface area (Å²) in [7, 11) is -9.27. The molecule has 28 heavy (non-hydrogen) atoms. The van der Waals surface area contributed by atoms with Crippen molar-refractivity contribution in [2.24, 2.45) is 0 Å². The van der Waals surface area contributed by atoms with E-state index < -0.39 is 36.1 Å². The van der Waals surface area contributed by atoms with E-state index in [1.807, 2.05) is 0 Å². The fourth-order valence-corrected chi connectivity index (χ4v) is 3.82. The Morgan fingerprint density at radius 3 is 1.21 bits per heavy atom. The second-order valence-corrected chi connectivity index (χ2v) is 8.22. The van der Waals surface area contributed by atoms with Crippen LogP contribution in [0.4, 0.5) is 0 Å². The molecule has 0 amide bonds. The molecule has 0 aliphatic rings. The summed E-state index contributed by atoms with van der Waals surface area (Å²) in [5.74, 6) is 0. The largest absolute Gasteiger partial charge is 0.412 e. The van der Waals surface area contributed by atoms with Gasteiger partial charge in [0, 0.05) is 11.1 Å². The summed E-state index contributed by atoms with van der Waals surface area (Å²) in [6, 6.07) is 7.74. The highest BCUT2D eigenvalue weighted by Crippen LogP contribution is 2.32. The maximum absolute atomic E-state index is 11.5. The molecule has 0 aromatic heterocycles. The topological polar surface area (TPSA) is 255 Å². The van der Waals surface area contributed by atoms with Gasteiger partial charge in [0.25, 0.3) is 20.2 Å². The van der Waals surface area contributed by atoms with Gasteiger partial charge in [-0.3, -0.25) is 9.11 Å². The Bertz CT molecular complexity index is 917. The number of aryl methyl sites for hydroxylation is 2. The molecule has 11 N–H and O–H groups in total. The van der Waals surface area contributed by atoms with Crippen molar-refractivity contribution in [1.82, 2.24) is 0 Å². The first-order chi connectivity index (χ1) is 10.9. The normalized spacial score (nSPS) is 10.8. The fourth-order valence-electron chi connectivity index (χ4n) is 2.40. The van der Waals surface area contributed by atoms with Crippen molar-refractivity contribution in [2.75, 3.05) is 0 Å². The predicted molar refractivity (Wildman–Crippen MR) is 101 cm³/mol. The van der Waals surface area contributed by atoms with Crippen LogP contribution in [0.25, 0.3) is 0 Å². The molecule has 0 saturated carbocycles. The Morgan fingerprint density at radius 1 is 0.679 bits per heavy atom. The third-order valence-electron chi connectivity index (χ3n) is 3.48. The van der Waals surface area contributed by atoms with Crippen LogP contribution in [-0.4, -0.2) is 53.0 Å². The number of hydrogen-bond donors (Lipinski definition) is 3. The third kappa shape index (κ3) is 6.59. The second kappa shape index (κ2) is 10.6. The summed E-state index contributed by atoms with van der Waals surface area (Å²) in [5, 5.41) is 10.6. The highest BCUT2D eigenvalue weighted by Gasteiger charge is 2.27. The summed E-state index contributed by atoms with van der Waals surface area (Å²) >= 11 is 0. The molecule has 0 saturated heterocycles. The number of aliphatic hydroxyl groups is 1. The van der Waals surface area contributed by atoms with Gasteiger partial charge in [-0.05, 0) is 26.0 Å². The first kappa shape index (κ1) is 30.8. The van der Waals surface area contributed by atoms with Crippen LogP contribution < -0.4 is 0 Å². The minimum absolute atomic E-state index is 0. The van der Waals surface area contributed by atoms with E-state index in [4.69, 9.17) is 0 Å². The molecule has 0 bridgehead atoms.